The minimum absolute atomic E-state index is 0.0517. The zero-order valence-electron chi connectivity index (χ0n) is 20.1. The van der Waals surface area contributed by atoms with Gasteiger partial charge in [0.2, 0.25) is 0 Å². The van der Waals surface area contributed by atoms with E-state index in [2.05, 4.69) is 0 Å². The van der Waals surface area contributed by atoms with Crippen LogP contribution in [0.5, 0.6) is 5.75 Å². The number of nitrogens with one attached hydrogen (secondary N) is 1. The number of hydrogen-bond acceptors (Lipinski definition) is 9. The molecule has 1 atom stereocenters. The molecule has 1 saturated heterocycles. The summed E-state index contributed by atoms with van der Waals surface area (Å²) >= 11 is 4.63. The van der Waals surface area contributed by atoms with Gasteiger partial charge in [0.1, 0.15) is 22.6 Å². The van der Waals surface area contributed by atoms with Crippen molar-refractivity contribution in [2.75, 3.05) is 26.0 Å². The van der Waals surface area contributed by atoms with Crippen molar-refractivity contribution in [3.05, 3.63) is 40.6 Å². The van der Waals surface area contributed by atoms with E-state index in [0.717, 1.165) is 43.8 Å². The number of thiophene rings is 1. The van der Waals surface area contributed by atoms with E-state index in [1.807, 2.05) is 35.9 Å². The lowest BCUT2D eigenvalue weighted by Crippen LogP contribution is -2.50. The number of carbonyl (C=O) groups is 2. The van der Waals surface area contributed by atoms with Gasteiger partial charge in [0.15, 0.2) is 6.61 Å². The van der Waals surface area contributed by atoms with Gasteiger partial charge in [0.05, 0.1) is 21.4 Å². The molecule has 0 spiro atoms. The highest BCUT2D eigenvalue weighted by molar-refractivity contribution is 8.00. The molecule has 3 heterocycles. The number of ether oxygens (including phenoxy) is 2. The van der Waals surface area contributed by atoms with Crippen LogP contribution in [0.4, 0.5) is 0 Å². The fourth-order valence-electron chi connectivity index (χ4n) is 4.02. The minimum atomic E-state index is -0.540. The first-order chi connectivity index (χ1) is 17.4. The van der Waals surface area contributed by atoms with Gasteiger partial charge < -0.3 is 20.1 Å². The van der Waals surface area contributed by atoms with E-state index in [1.54, 1.807) is 29.7 Å². The maximum absolute atomic E-state index is 12.9. The maximum Gasteiger partial charge on any atom is 0.328 e. The van der Waals surface area contributed by atoms with Crippen LogP contribution in [0.3, 0.4) is 0 Å². The average Bonchev–Trinajstić information content (AvgIpc) is 3.55. The standard InChI is InChI=1S/C25H28N4O4S3/c1-3-32-24(31)19-9-4-5-10-29(19)21(30)13-33-16-8-6-7-15(11-16)18-14-35-23(28-18)17-12-20(22(26)27)36-25(17)34-2/h6-8,11-12,14,19H,3-5,9-10,13H2,1-2H3,(H3,26,27). The molecule has 2 aromatic heterocycles. The number of hydrogen-bond donors (Lipinski definition) is 2. The lowest BCUT2D eigenvalue weighted by atomic mass is 10.0. The van der Waals surface area contributed by atoms with Crippen molar-refractivity contribution in [1.29, 1.82) is 5.41 Å². The van der Waals surface area contributed by atoms with Gasteiger partial charge in [-0.15, -0.1) is 34.4 Å². The highest BCUT2D eigenvalue weighted by Crippen LogP contribution is 2.40. The van der Waals surface area contributed by atoms with Crippen LogP contribution >= 0.6 is 34.4 Å². The topological polar surface area (TPSA) is 119 Å². The molecule has 3 N–H and O–H groups in total. The smallest absolute Gasteiger partial charge is 0.328 e. The van der Waals surface area contributed by atoms with Crippen LogP contribution in [0.1, 0.15) is 31.1 Å². The van der Waals surface area contributed by atoms with E-state index in [0.29, 0.717) is 25.3 Å². The van der Waals surface area contributed by atoms with Gasteiger partial charge >= 0.3 is 5.97 Å². The number of nitrogen functional groups attached to an aromatic ring is 1. The number of likely N-dealkylation sites (tertiary alicyclic amines) is 1. The van der Waals surface area contributed by atoms with Crippen molar-refractivity contribution in [1.82, 2.24) is 9.88 Å². The largest absolute Gasteiger partial charge is 0.484 e. The predicted octanol–water partition coefficient (Wildman–Crippen LogP) is 4.87. The summed E-state index contributed by atoms with van der Waals surface area (Å²) < 4.78 is 12.0. The Morgan fingerprint density at radius 1 is 1.31 bits per heavy atom. The Morgan fingerprint density at radius 2 is 2.14 bits per heavy atom. The first-order valence-corrected chi connectivity index (χ1v) is 14.5. The fraction of sp³-hybridized carbons (Fsp3) is 0.360. The molecule has 1 fully saturated rings. The average molecular weight is 545 g/mol. The summed E-state index contributed by atoms with van der Waals surface area (Å²) in [5.41, 5.74) is 8.33. The summed E-state index contributed by atoms with van der Waals surface area (Å²) in [6, 6.07) is 8.83. The van der Waals surface area contributed by atoms with Crippen LogP contribution in [0.25, 0.3) is 21.8 Å². The molecule has 1 unspecified atom stereocenters. The summed E-state index contributed by atoms with van der Waals surface area (Å²) in [5, 5.41) is 10.6. The number of benzene rings is 1. The first kappa shape index (κ1) is 26.2. The lowest BCUT2D eigenvalue weighted by Gasteiger charge is -2.33. The molecule has 1 amide bonds. The molecule has 4 rings (SSSR count). The van der Waals surface area contributed by atoms with Crippen LogP contribution < -0.4 is 10.5 Å². The molecule has 11 heteroatoms. The number of amidine groups is 1. The number of rotatable bonds is 9. The summed E-state index contributed by atoms with van der Waals surface area (Å²) in [7, 11) is 0. The molecule has 8 nitrogen and oxygen atoms in total. The Morgan fingerprint density at radius 3 is 2.89 bits per heavy atom. The Kier molecular flexibility index (Phi) is 8.65. The zero-order chi connectivity index (χ0) is 25.7. The molecule has 0 aliphatic carbocycles. The zero-order valence-corrected chi connectivity index (χ0v) is 22.6. The van der Waals surface area contributed by atoms with Gasteiger partial charge in [-0.05, 0) is 50.6 Å². The van der Waals surface area contributed by atoms with E-state index >= 15 is 0 Å². The fourth-order valence-corrected chi connectivity index (χ4v) is 6.73. The second kappa shape index (κ2) is 11.9. The van der Waals surface area contributed by atoms with Gasteiger partial charge in [-0.1, -0.05) is 12.1 Å². The normalized spacial score (nSPS) is 15.5. The van der Waals surface area contributed by atoms with Crippen LogP contribution in [0.2, 0.25) is 0 Å². The van der Waals surface area contributed by atoms with E-state index in [9.17, 15) is 9.59 Å². The number of piperidine rings is 1. The van der Waals surface area contributed by atoms with Gasteiger partial charge in [0, 0.05) is 23.1 Å². The van der Waals surface area contributed by atoms with Crippen LogP contribution in [-0.2, 0) is 14.3 Å². The Balaban J connectivity index is 1.45. The third-order valence-electron chi connectivity index (χ3n) is 5.76. The van der Waals surface area contributed by atoms with Crippen LogP contribution in [-0.4, -0.2) is 59.7 Å². The molecule has 0 saturated carbocycles. The van der Waals surface area contributed by atoms with Crippen molar-refractivity contribution in [3.8, 4) is 27.6 Å². The quantitative estimate of drug-likeness (QED) is 0.171. The number of esters is 1. The third kappa shape index (κ3) is 5.91. The second-order valence-corrected chi connectivity index (χ2v) is 11.1. The number of nitrogens with two attached hydrogens (primary N) is 1. The molecule has 1 aliphatic rings. The number of thiazole rings is 1. The number of carbonyl (C=O) groups excluding carboxylic acids is 2. The number of aromatic nitrogens is 1. The Hall–Kier alpha value is -2.89. The highest BCUT2D eigenvalue weighted by Gasteiger charge is 2.33. The van der Waals surface area contributed by atoms with Gasteiger partial charge in [-0.25, -0.2) is 9.78 Å². The molecule has 0 radical (unpaired) electrons. The lowest BCUT2D eigenvalue weighted by molar-refractivity contribution is -0.157. The Bertz CT molecular complexity index is 1260. The molecule has 36 heavy (non-hydrogen) atoms. The number of thioether (sulfide) groups is 1. The SMILES string of the molecule is CCOC(=O)C1CCCCN1C(=O)COc1cccc(-c2csc(-c3cc(C(=N)N)sc3SC)n2)c1. The number of amides is 1. The summed E-state index contributed by atoms with van der Waals surface area (Å²) in [5.74, 6) is 0.0325. The van der Waals surface area contributed by atoms with E-state index < -0.39 is 6.04 Å². The van der Waals surface area contributed by atoms with Crippen molar-refractivity contribution in [2.45, 2.75) is 36.4 Å². The molecule has 1 aliphatic heterocycles. The third-order valence-corrected chi connectivity index (χ3v) is 8.94. The highest BCUT2D eigenvalue weighted by atomic mass is 32.2. The molecule has 3 aromatic rings. The van der Waals surface area contributed by atoms with Gasteiger partial charge in [-0.3, -0.25) is 10.2 Å². The summed E-state index contributed by atoms with van der Waals surface area (Å²) in [6.45, 7) is 2.43. The molecular weight excluding hydrogens is 517 g/mol. The van der Waals surface area contributed by atoms with Crippen molar-refractivity contribution in [3.63, 3.8) is 0 Å². The van der Waals surface area contributed by atoms with E-state index in [4.69, 9.17) is 25.6 Å². The molecule has 0 bridgehead atoms. The van der Waals surface area contributed by atoms with Crippen LogP contribution in [0, 0.1) is 5.41 Å². The molecule has 190 valence electrons. The van der Waals surface area contributed by atoms with E-state index in [-0.39, 0.29) is 24.3 Å². The van der Waals surface area contributed by atoms with Crippen molar-refractivity contribution < 1.29 is 19.1 Å². The maximum atomic E-state index is 12.9. The minimum Gasteiger partial charge on any atom is -0.484 e. The second-order valence-electron chi connectivity index (χ2n) is 8.13. The van der Waals surface area contributed by atoms with Crippen LogP contribution in [0.15, 0.2) is 39.9 Å². The number of nitrogens with zero attached hydrogens (tertiary/aromatic N) is 2. The molecular formula is C25H28N4O4S3. The van der Waals surface area contributed by atoms with Gasteiger partial charge in [0.25, 0.3) is 5.91 Å². The first-order valence-electron chi connectivity index (χ1n) is 11.6. The molecule has 1 aromatic carbocycles. The Labute approximate surface area is 222 Å². The summed E-state index contributed by atoms with van der Waals surface area (Å²) in [4.78, 5) is 32.3. The summed E-state index contributed by atoms with van der Waals surface area (Å²) in [6.07, 6.45) is 4.36. The van der Waals surface area contributed by atoms with Crippen molar-refractivity contribution >= 4 is 52.1 Å². The monoisotopic (exact) mass is 544 g/mol. The van der Waals surface area contributed by atoms with Crippen molar-refractivity contribution in [2.24, 2.45) is 5.73 Å². The van der Waals surface area contributed by atoms with E-state index in [1.165, 1.54) is 22.7 Å². The predicted molar refractivity (Wildman–Crippen MR) is 145 cm³/mol. The van der Waals surface area contributed by atoms with Gasteiger partial charge in [-0.2, -0.15) is 0 Å².